The van der Waals surface area contributed by atoms with Gasteiger partial charge in [-0.15, -0.1) is 0 Å². The number of methoxy groups -OCH3 is 1. The van der Waals surface area contributed by atoms with Crippen molar-refractivity contribution < 1.29 is 13.2 Å². The second-order valence-electron chi connectivity index (χ2n) is 4.09. The first-order chi connectivity index (χ1) is 9.91. The third kappa shape index (κ3) is 3.81. The molecule has 0 bridgehead atoms. The zero-order valence-corrected chi connectivity index (χ0v) is 12.6. The summed E-state index contributed by atoms with van der Waals surface area (Å²) in [5, 5.41) is 8.28. The Hall–Kier alpha value is -1.90. The molecule has 1 heterocycles. The van der Waals surface area contributed by atoms with Crippen LogP contribution < -0.4 is 15.2 Å². The summed E-state index contributed by atoms with van der Waals surface area (Å²) in [7, 11) is -2.21. The summed E-state index contributed by atoms with van der Waals surface area (Å²) in [6.45, 7) is 0.411. The minimum atomic E-state index is -3.68. The highest BCUT2D eigenvalue weighted by Gasteiger charge is 2.10. The van der Waals surface area contributed by atoms with Gasteiger partial charge in [0, 0.05) is 6.54 Å². The molecule has 0 atom stereocenters. The van der Waals surface area contributed by atoms with Crippen molar-refractivity contribution in [3.05, 3.63) is 41.3 Å². The Morgan fingerprint density at radius 3 is 2.52 bits per heavy atom. The first-order valence-electron chi connectivity index (χ1n) is 5.82. The Kier molecular flexibility index (Phi) is 4.61. The molecular weight excluding hydrogens is 316 g/mol. The SMILES string of the molecule is COc1c(Cl)ncnc1NCc1ccc(S(N)(=O)=O)cc1. The van der Waals surface area contributed by atoms with Gasteiger partial charge in [0.2, 0.25) is 10.0 Å². The van der Waals surface area contributed by atoms with Gasteiger partial charge in [-0.3, -0.25) is 0 Å². The van der Waals surface area contributed by atoms with Gasteiger partial charge < -0.3 is 10.1 Å². The van der Waals surface area contributed by atoms with Gasteiger partial charge in [-0.25, -0.2) is 23.5 Å². The standard InChI is InChI=1S/C12H13ClN4O3S/c1-20-10-11(13)16-7-17-12(10)15-6-8-2-4-9(5-3-8)21(14,18)19/h2-5,7H,6H2,1H3,(H2,14,18,19)(H,15,16,17). The molecule has 7 nitrogen and oxygen atoms in total. The number of primary sulfonamides is 1. The molecule has 9 heteroatoms. The fourth-order valence-corrected chi connectivity index (χ4v) is 2.37. The number of hydrogen-bond donors (Lipinski definition) is 2. The fraction of sp³-hybridized carbons (Fsp3) is 0.167. The molecule has 1 aromatic carbocycles. The average Bonchev–Trinajstić information content (AvgIpc) is 2.44. The number of nitrogens with one attached hydrogen (secondary N) is 1. The molecule has 3 N–H and O–H groups in total. The van der Waals surface area contributed by atoms with E-state index in [-0.39, 0.29) is 10.0 Å². The molecule has 0 unspecified atom stereocenters. The van der Waals surface area contributed by atoms with Gasteiger partial charge in [-0.2, -0.15) is 0 Å². The minimum absolute atomic E-state index is 0.0638. The first-order valence-corrected chi connectivity index (χ1v) is 7.74. The number of hydrogen-bond acceptors (Lipinski definition) is 6. The number of halogens is 1. The van der Waals surface area contributed by atoms with Crippen LogP contribution in [0.1, 0.15) is 5.56 Å². The van der Waals surface area contributed by atoms with Crippen LogP contribution in [0.15, 0.2) is 35.5 Å². The Morgan fingerprint density at radius 1 is 1.29 bits per heavy atom. The summed E-state index contributed by atoms with van der Waals surface area (Å²) in [5.41, 5.74) is 0.846. The lowest BCUT2D eigenvalue weighted by Crippen LogP contribution is -2.12. The van der Waals surface area contributed by atoms with Crippen LogP contribution >= 0.6 is 11.6 Å². The van der Waals surface area contributed by atoms with E-state index in [9.17, 15) is 8.42 Å². The summed E-state index contributed by atoms with van der Waals surface area (Å²) >= 11 is 5.89. The summed E-state index contributed by atoms with van der Waals surface area (Å²) in [5.74, 6) is 0.799. The van der Waals surface area contributed by atoms with Gasteiger partial charge in [0.25, 0.3) is 0 Å². The Bertz CT molecular complexity index is 735. The summed E-state index contributed by atoms with van der Waals surface area (Å²) < 4.78 is 27.4. The molecule has 0 fully saturated rings. The van der Waals surface area contributed by atoms with Crippen molar-refractivity contribution in [1.29, 1.82) is 0 Å². The summed E-state index contributed by atoms with van der Waals surface area (Å²) in [4.78, 5) is 7.91. The largest absolute Gasteiger partial charge is 0.490 e. The molecule has 0 saturated carbocycles. The highest BCUT2D eigenvalue weighted by Crippen LogP contribution is 2.28. The van der Waals surface area contributed by atoms with Crippen molar-refractivity contribution in [2.24, 2.45) is 5.14 Å². The van der Waals surface area contributed by atoms with Crippen LogP contribution in [0.4, 0.5) is 5.82 Å². The van der Waals surface area contributed by atoms with E-state index in [0.717, 1.165) is 5.56 Å². The lowest BCUT2D eigenvalue weighted by Gasteiger charge is -2.10. The van der Waals surface area contributed by atoms with E-state index in [0.29, 0.717) is 18.1 Å². The molecule has 21 heavy (non-hydrogen) atoms. The zero-order valence-electron chi connectivity index (χ0n) is 11.1. The smallest absolute Gasteiger partial charge is 0.238 e. The Labute approximate surface area is 127 Å². The fourth-order valence-electron chi connectivity index (χ4n) is 1.64. The third-order valence-corrected chi connectivity index (χ3v) is 3.87. The van der Waals surface area contributed by atoms with Crippen LogP contribution in [0.5, 0.6) is 5.75 Å². The number of ether oxygens (including phenoxy) is 1. The molecule has 2 rings (SSSR count). The van der Waals surface area contributed by atoms with Gasteiger partial charge >= 0.3 is 0 Å². The molecule has 0 aliphatic heterocycles. The molecular formula is C12H13ClN4O3S. The van der Waals surface area contributed by atoms with Crippen molar-refractivity contribution in [2.45, 2.75) is 11.4 Å². The molecule has 0 aliphatic rings. The van der Waals surface area contributed by atoms with Crippen LogP contribution in [-0.2, 0) is 16.6 Å². The number of rotatable bonds is 5. The average molecular weight is 329 g/mol. The van der Waals surface area contributed by atoms with Crippen molar-refractivity contribution in [3.63, 3.8) is 0 Å². The van der Waals surface area contributed by atoms with Crippen LogP contribution in [0.2, 0.25) is 5.15 Å². The van der Waals surface area contributed by atoms with Crippen molar-refractivity contribution in [2.75, 3.05) is 12.4 Å². The number of anilines is 1. The monoisotopic (exact) mass is 328 g/mol. The van der Waals surface area contributed by atoms with Gasteiger partial charge in [0.1, 0.15) is 6.33 Å². The summed E-state index contributed by atoms with van der Waals surface area (Å²) in [6.07, 6.45) is 1.32. The Morgan fingerprint density at radius 2 is 1.95 bits per heavy atom. The normalized spacial score (nSPS) is 11.2. The topological polar surface area (TPSA) is 107 Å². The first kappa shape index (κ1) is 15.5. The number of sulfonamides is 1. The van der Waals surface area contributed by atoms with E-state index < -0.39 is 10.0 Å². The molecule has 1 aromatic heterocycles. The molecule has 2 aromatic rings. The van der Waals surface area contributed by atoms with Crippen LogP contribution in [0, 0.1) is 0 Å². The highest BCUT2D eigenvalue weighted by atomic mass is 35.5. The molecule has 0 saturated heterocycles. The number of benzene rings is 1. The number of nitrogens with zero attached hydrogens (tertiary/aromatic N) is 2. The van der Waals surface area contributed by atoms with Crippen LogP contribution in [0.3, 0.4) is 0 Å². The van der Waals surface area contributed by atoms with Gasteiger partial charge in [-0.1, -0.05) is 23.7 Å². The van der Waals surface area contributed by atoms with E-state index >= 15 is 0 Å². The molecule has 0 amide bonds. The van der Waals surface area contributed by atoms with Gasteiger partial charge in [-0.05, 0) is 17.7 Å². The van der Waals surface area contributed by atoms with Gasteiger partial charge in [0.05, 0.1) is 12.0 Å². The minimum Gasteiger partial charge on any atom is -0.490 e. The molecule has 112 valence electrons. The zero-order chi connectivity index (χ0) is 15.5. The maximum absolute atomic E-state index is 11.2. The van der Waals surface area contributed by atoms with Crippen molar-refractivity contribution >= 4 is 27.4 Å². The predicted molar refractivity (Wildman–Crippen MR) is 78.7 cm³/mol. The molecule has 0 spiro atoms. The van der Waals surface area contributed by atoms with Crippen LogP contribution in [0.25, 0.3) is 0 Å². The third-order valence-electron chi connectivity index (χ3n) is 2.68. The highest BCUT2D eigenvalue weighted by molar-refractivity contribution is 7.89. The van der Waals surface area contributed by atoms with Crippen LogP contribution in [-0.4, -0.2) is 25.5 Å². The van der Waals surface area contributed by atoms with E-state index in [4.69, 9.17) is 21.5 Å². The number of aromatic nitrogens is 2. The number of nitrogens with two attached hydrogens (primary N) is 1. The van der Waals surface area contributed by atoms with E-state index in [1.54, 1.807) is 12.1 Å². The summed E-state index contributed by atoms with van der Waals surface area (Å²) in [6, 6.07) is 6.19. The molecule has 0 radical (unpaired) electrons. The van der Waals surface area contributed by atoms with E-state index in [1.807, 2.05) is 0 Å². The van der Waals surface area contributed by atoms with E-state index in [1.165, 1.54) is 25.6 Å². The van der Waals surface area contributed by atoms with Gasteiger partial charge in [0.15, 0.2) is 16.7 Å². The predicted octanol–water partition coefficient (Wildman–Crippen LogP) is 1.40. The molecule has 0 aliphatic carbocycles. The maximum atomic E-state index is 11.2. The van der Waals surface area contributed by atoms with Crippen molar-refractivity contribution in [1.82, 2.24) is 9.97 Å². The van der Waals surface area contributed by atoms with Crippen molar-refractivity contribution in [3.8, 4) is 5.75 Å². The second-order valence-corrected chi connectivity index (χ2v) is 6.01. The lowest BCUT2D eigenvalue weighted by atomic mass is 10.2. The second kappa shape index (κ2) is 6.25. The Balaban J connectivity index is 2.12. The lowest BCUT2D eigenvalue weighted by molar-refractivity contribution is 0.413. The quantitative estimate of drug-likeness (QED) is 0.803. The van der Waals surface area contributed by atoms with E-state index in [2.05, 4.69) is 15.3 Å². The maximum Gasteiger partial charge on any atom is 0.238 e.